The molecule has 0 atom stereocenters. The van der Waals surface area contributed by atoms with E-state index in [9.17, 15) is 4.79 Å². The second-order valence-corrected chi connectivity index (χ2v) is 5.22. The number of benzene rings is 1. The van der Waals surface area contributed by atoms with E-state index in [0.29, 0.717) is 14.1 Å². The van der Waals surface area contributed by atoms with E-state index in [1.165, 1.54) is 0 Å². The van der Waals surface area contributed by atoms with Crippen molar-refractivity contribution in [1.82, 2.24) is 0 Å². The molecule has 0 aromatic heterocycles. The van der Waals surface area contributed by atoms with Crippen molar-refractivity contribution in [3.63, 3.8) is 0 Å². The average Bonchev–Trinajstić information content (AvgIpc) is 2.15. The summed E-state index contributed by atoms with van der Waals surface area (Å²) in [7, 11) is 0. The quantitative estimate of drug-likeness (QED) is 0.469. The molecule has 0 saturated heterocycles. The zero-order chi connectivity index (χ0) is 10.6. The van der Waals surface area contributed by atoms with Crippen molar-refractivity contribution in [3.8, 4) is 0 Å². The zero-order valence-corrected chi connectivity index (χ0v) is 10.6. The summed E-state index contributed by atoms with van der Waals surface area (Å²) in [6.07, 6.45) is 0. The maximum atomic E-state index is 11.2. The van der Waals surface area contributed by atoms with Crippen molar-refractivity contribution in [2.24, 2.45) is 5.16 Å². The van der Waals surface area contributed by atoms with E-state index in [0.717, 1.165) is 0 Å². The Morgan fingerprint density at radius 3 is 2.36 bits per heavy atom. The number of oxime groups is 1. The van der Waals surface area contributed by atoms with Gasteiger partial charge in [0.15, 0.2) is 3.53 Å². The van der Waals surface area contributed by atoms with Crippen LogP contribution in [-0.2, 0) is 4.84 Å². The molecule has 0 bridgehead atoms. The summed E-state index contributed by atoms with van der Waals surface area (Å²) in [5, 5.41) is 3.95. The van der Waals surface area contributed by atoms with E-state index in [4.69, 9.17) is 11.6 Å². The summed E-state index contributed by atoms with van der Waals surface area (Å²) in [5.41, 5.74) is 0.388. The molecule has 0 fully saturated rings. The smallest absolute Gasteiger partial charge is 0.311 e. The first-order valence-corrected chi connectivity index (χ1v) is 5.42. The minimum atomic E-state index is -0.543. The molecule has 6 heteroatoms. The second kappa shape index (κ2) is 5.48. The van der Waals surface area contributed by atoms with Gasteiger partial charge < -0.3 is 4.84 Å². The van der Waals surface area contributed by atoms with Gasteiger partial charge in [0.1, 0.15) is 0 Å². The van der Waals surface area contributed by atoms with E-state index in [1.54, 1.807) is 24.3 Å². The topological polar surface area (TPSA) is 38.7 Å². The molecule has 1 aromatic rings. The largest absolute Gasteiger partial charge is 0.365 e. The SMILES string of the molecule is O=C(ON=C(Br)Br)c1ccc(Cl)cc1. The van der Waals surface area contributed by atoms with Gasteiger partial charge in [-0.2, -0.15) is 0 Å². The van der Waals surface area contributed by atoms with E-state index in [1.807, 2.05) is 0 Å². The fraction of sp³-hybridized carbons (Fsp3) is 0. The Balaban J connectivity index is 2.70. The molecule has 0 heterocycles. The van der Waals surface area contributed by atoms with Crippen LogP contribution in [0.4, 0.5) is 0 Å². The molecule has 0 amide bonds. The Kier molecular flexibility index (Phi) is 4.57. The molecule has 0 unspecified atom stereocenters. The Labute approximate surface area is 102 Å². The lowest BCUT2D eigenvalue weighted by Gasteiger charge is -1.97. The lowest BCUT2D eigenvalue weighted by molar-refractivity contribution is 0.0520. The minimum absolute atomic E-state index is 0.312. The van der Waals surface area contributed by atoms with Crippen LogP contribution >= 0.6 is 43.5 Å². The molecule has 3 nitrogen and oxygen atoms in total. The Morgan fingerprint density at radius 1 is 1.29 bits per heavy atom. The van der Waals surface area contributed by atoms with Crippen LogP contribution in [0.25, 0.3) is 0 Å². The van der Waals surface area contributed by atoms with Crippen LogP contribution in [0.15, 0.2) is 29.4 Å². The number of carbonyl (C=O) groups excluding carboxylic acids is 1. The number of halogens is 3. The molecule has 14 heavy (non-hydrogen) atoms. The summed E-state index contributed by atoms with van der Waals surface area (Å²) in [4.78, 5) is 15.8. The molecule has 0 spiro atoms. The van der Waals surface area contributed by atoms with Gasteiger partial charge in [0.25, 0.3) is 0 Å². The first kappa shape index (κ1) is 11.7. The predicted octanol–water partition coefficient (Wildman–Crippen LogP) is 3.56. The van der Waals surface area contributed by atoms with Gasteiger partial charge in [0.2, 0.25) is 0 Å². The third-order valence-electron chi connectivity index (χ3n) is 1.28. The molecular weight excluding hydrogens is 337 g/mol. The summed E-state index contributed by atoms with van der Waals surface area (Å²) in [6, 6.07) is 6.32. The average molecular weight is 341 g/mol. The number of rotatable bonds is 2. The van der Waals surface area contributed by atoms with Gasteiger partial charge in [-0.25, -0.2) is 4.79 Å². The van der Waals surface area contributed by atoms with Crippen molar-refractivity contribution in [2.75, 3.05) is 0 Å². The Bertz CT molecular complexity index is 360. The van der Waals surface area contributed by atoms with Crippen LogP contribution < -0.4 is 0 Å². The highest BCUT2D eigenvalue weighted by Gasteiger charge is 2.06. The van der Waals surface area contributed by atoms with Crippen molar-refractivity contribution >= 4 is 53.0 Å². The van der Waals surface area contributed by atoms with Crippen LogP contribution in [0.1, 0.15) is 10.4 Å². The molecule has 1 aromatic carbocycles. The number of nitrogens with zero attached hydrogens (tertiary/aromatic N) is 1. The number of hydrogen-bond donors (Lipinski definition) is 0. The predicted molar refractivity (Wildman–Crippen MR) is 62.2 cm³/mol. The van der Waals surface area contributed by atoms with Crippen LogP contribution in [0.3, 0.4) is 0 Å². The van der Waals surface area contributed by atoms with Crippen LogP contribution in [0.5, 0.6) is 0 Å². The highest BCUT2D eigenvalue weighted by atomic mass is 79.9. The zero-order valence-electron chi connectivity index (χ0n) is 6.71. The standard InChI is InChI=1S/C8H4Br2ClNO2/c9-8(10)12-14-7(13)5-1-3-6(11)4-2-5/h1-4H. The van der Waals surface area contributed by atoms with Gasteiger partial charge in [-0.05, 0) is 56.1 Å². The second-order valence-electron chi connectivity index (χ2n) is 2.22. The third-order valence-corrected chi connectivity index (χ3v) is 1.82. The van der Waals surface area contributed by atoms with Gasteiger partial charge in [-0.1, -0.05) is 16.8 Å². The van der Waals surface area contributed by atoms with Crippen molar-refractivity contribution < 1.29 is 9.63 Å². The van der Waals surface area contributed by atoms with Crippen molar-refractivity contribution in [2.45, 2.75) is 0 Å². The van der Waals surface area contributed by atoms with Gasteiger partial charge in [0.05, 0.1) is 5.56 Å². The maximum Gasteiger partial charge on any atom is 0.365 e. The van der Waals surface area contributed by atoms with Crippen LogP contribution in [-0.4, -0.2) is 9.50 Å². The lowest BCUT2D eigenvalue weighted by Crippen LogP contribution is -2.00. The first-order chi connectivity index (χ1) is 6.59. The highest BCUT2D eigenvalue weighted by molar-refractivity contribution is 9.39. The molecular formula is C8H4Br2ClNO2. The van der Waals surface area contributed by atoms with Gasteiger partial charge in [0, 0.05) is 5.02 Å². The molecule has 0 aliphatic carbocycles. The monoisotopic (exact) mass is 339 g/mol. The van der Waals surface area contributed by atoms with Crippen LogP contribution in [0, 0.1) is 0 Å². The molecule has 0 aliphatic heterocycles. The van der Waals surface area contributed by atoms with E-state index >= 15 is 0 Å². The van der Waals surface area contributed by atoms with Crippen LogP contribution in [0.2, 0.25) is 5.02 Å². The Morgan fingerprint density at radius 2 is 1.86 bits per heavy atom. The fourth-order valence-electron chi connectivity index (χ4n) is 0.715. The van der Waals surface area contributed by atoms with E-state index in [-0.39, 0.29) is 0 Å². The van der Waals surface area contributed by atoms with Crippen molar-refractivity contribution in [3.05, 3.63) is 34.9 Å². The van der Waals surface area contributed by atoms with Gasteiger partial charge in [-0.3, -0.25) is 0 Å². The van der Waals surface area contributed by atoms with Gasteiger partial charge >= 0.3 is 5.97 Å². The molecule has 0 N–H and O–H groups in total. The fourth-order valence-corrected chi connectivity index (χ4v) is 0.985. The summed E-state index contributed by atoms with van der Waals surface area (Å²) in [6.45, 7) is 0. The highest BCUT2D eigenvalue weighted by Crippen LogP contribution is 2.11. The minimum Gasteiger partial charge on any atom is -0.311 e. The van der Waals surface area contributed by atoms with Crippen molar-refractivity contribution in [1.29, 1.82) is 0 Å². The molecule has 0 radical (unpaired) electrons. The van der Waals surface area contributed by atoms with E-state index in [2.05, 4.69) is 41.9 Å². The Hall–Kier alpha value is -0.390. The summed E-state index contributed by atoms with van der Waals surface area (Å²) in [5.74, 6) is -0.543. The third kappa shape index (κ3) is 3.77. The summed E-state index contributed by atoms with van der Waals surface area (Å²) >= 11 is 11.6. The number of hydrogen-bond acceptors (Lipinski definition) is 3. The molecule has 0 aliphatic rings. The summed E-state index contributed by atoms with van der Waals surface area (Å²) < 4.78 is 0.312. The normalized spacial score (nSPS) is 9.36. The molecule has 1 rings (SSSR count). The maximum absolute atomic E-state index is 11.2. The molecule has 74 valence electrons. The van der Waals surface area contributed by atoms with E-state index < -0.39 is 5.97 Å². The molecule has 0 saturated carbocycles. The van der Waals surface area contributed by atoms with Gasteiger partial charge in [-0.15, -0.1) is 0 Å². The first-order valence-electron chi connectivity index (χ1n) is 3.45. The lowest BCUT2D eigenvalue weighted by atomic mass is 10.2. The number of carbonyl (C=O) groups is 1.